The molecule has 0 radical (unpaired) electrons. The molecule has 1 aromatic carbocycles. The number of rotatable bonds is 3. The Hall–Kier alpha value is -2.04. The van der Waals surface area contributed by atoms with Crippen LogP contribution in [0.3, 0.4) is 0 Å². The van der Waals surface area contributed by atoms with Gasteiger partial charge in [0.1, 0.15) is 5.75 Å². The highest BCUT2D eigenvalue weighted by Gasteiger charge is 2.31. The minimum Gasteiger partial charge on any atom is -0.497 e. The quantitative estimate of drug-likeness (QED) is 0.834. The predicted octanol–water partition coefficient (Wildman–Crippen LogP) is 3.05. The molecule has 142 valence electrons. The molecule has 0 aromatic heterocycles. The molecular formula is C21H30N2O3. The lowest BCUT2D eigenvalue weighted by Gasteiger charge is -2.34. The standard InChI is InChI=1S/C21H30N2O3/c1-16(24)22-13-10-18(11-14-22)21(25)23-12-4-3-5-19(15-23)17-6-8-20(26-2)9-7-17/h6-9,18-19H,3-5,10-15H2,1-2H3. The van der Waals surface area contributed by atoms with E-state index in [1.165, 1.54) is 5.56 Å². The fourth-order valence-electron chi connectivity index (χ4n) is 4.19. The highest BCUT2D eigenvalue weighted by atomic mass is 16.5. The van der Waals surface area contributed by atoms with Gasteiger partial charge in [0.2, 0.25) is 11.8 Å². The summed E-state index contributed by atoms with van der Waals surface area (Å²) in [6.07, 6.45) is 4.94. The molecule has 26 heavy (non-hydrogen) atoms. The van der Waals surface area contributed by atoms with E-state index in [4.69, 9.17) is 4.74 Å². The highest BCUT2D eigenvalue weighted by molar-refractivity contribution is 5.80. The van der Waals surface area contributed by atoms with Crippen LogP contribution in [-0.4, -0.2) is 54.9 Å². The molecule has 2 aliphatic heterocycles. The Kier molecular flexibility index (Phi) is 6.17. The van der Waals surface area contributed by atoms with E-state index in [2.05, 4.69) is 17.0 Å². The van der Waals surface area contributed by atoms with Gasteiger partial charge in [0.15, 0.2) is 0 Å². The topological polar surface area (TPSA) is 49.9 Å². The molecule has 5 nitrogen and oxygen atoms in total. The molecule has 0 aliphatic carbocycles. The third-order valence-corrected chi connectivity index (χ3v) is 5.86. The molecule has 2 amide bonds. The SMILES string of the molecule is COc1ccc(C2CCCCN(C(=O)C3CCN(C(C)=O)CC3)C2)cc1. The molecule has 3 rings (SSSR count). The summed E-state index contributed by atoms with van der Waals surface area (Å²) in [6.45, 7) is 4.69. The van der Waals surface area contributed by atoms with Crippen LogP contribution in [0.5, 0.6) is 5.75 Å². The largest absolute Gasteiger partial charge is 0.497 e. The summed E-state index contributed by atoms with van der Waals surface area (Å²) >= 11 is 0. The Labute approximate surface area is 156 Å². The van der Waals surface area contributed by atoms with Gasteiger partial charge in [0.05, 0.1) is 7.11 Å². The lowest BCUT2D eigenvalue weighted by Crippen LogP contribution is -2.44. The Balaban J connectivity index is 1.63. The number of carbonyl (C=O) groups is 2. The first-order chi connectivity index (χ1) is 12.6. The maximum Gasteiger partial charge on any atom is 0.225 e. The van der Waals surface area contributed by atoms with Crippen molar-refractivity contribution in [1.82, 2.24) is 9.80 Å². The van der Waals surface area contributed by atoms with Crippen LogP contribution < -0.4 is 4.74 Å². The number of nitrogens with zero attached hydrogens (tertiary/aromatic N) is 2. The number of ether oxygens (including phenoxy) is 1. The van der Waals surface area contributed by atoms with E-state index in [1.807, 2.05) is 17.0 Å². The van der Waals surface area contributed by atoms with Crippen LogP contribution in [0.1, 0.15) is 50.5 Å². The van der Waals surface area contributed by atoms with E-state index >= 15 is 0 Å². The van der Waals surface area contributed by atoms with Crippen molar-refractivity contribution in [2.24, 2.45) is 5.92 Å². The number of hydrogen-bond donors (Lipinski definition) is 0. The van der Waals surface area contributed by atoms with Gasteiger partial charge < -0.3 is 14.5 Å². The van der Waals surface area contributed by atoms with Crippen molar-refractivity contribution in [2.45, 2.75) is 44.9 Å². The third kappa shape index (κ3) is 4.37. The van der Waals surface area contributed by atoms with Gasteiger partial charge in [-0.2, -0.15) is 0 Å². The smallest absolute Gasteiger partial charge is 0.225 e. The van der Waals surface area contributed by atoms with Crippen LogP contribution in [-0.2, 0) is 9.59 Å². The van der Waals surface area contributed by atoms with Crippen LogP contribution in [0.4, 0.5) is 0 Å². The third-order valence-electron chi connectivity index (χ3n) is 5.86. The predicted molar refractivity (Wildman–Crippen MR) is 101 cm³/mol. The number of carbonyl (C=O) groups excluding carboxylic acids is 2. The minimum atomic E-state index is 0.0696. The molecule has 5 heteroatoms. The summed E-state index contributed by atoms with van der Waals surface area (Å²) in [5.74, 6) is 1.73. The van der Waals surface area contributed by atoms with Gasteiger partial charge in [-0.05, 0) is 43.4 Å². The first-order valence-corrected chi connectivity index (χ1v) is 9.76. The van der Waals surface area contributed by atoms with Gasteiger partial charge in [-0.15, -0.1) is 0 Å². The number of amides is 2. The second-order valence-corrected chi connectivity index (χ2v) is 7.53. The molecule has 0 N–H and O–H groups in total. The highest BCUT2D eigenvalue weighted by Crippen LogP contribution is 2.29. The molecule has 2 heterocycles. The average molecular weight is 358 g/mol. The lowest BCUT2D eigenvalue weighted by atomic mass is 9.92. The van der Waals surface area contributed by atoms with Crippen molar-refractivity contribution in [3.8, 4) is 5.75 Å². The van der Waals surface area contributed by atoms with E-state index in [0.717, 1.165) is 50.9 Å². The number of piperidine rings is 1. The van der Waals surface area contributed by atoms with Crippen LogP contribution >= 0.6 is 0 Å². The molecule has 1 atom stereocenters. The minimum absolute atomic E-state index is 0.0696. The zero-order valence-electron chi connectivity index (χ0n) is 15.9. The van der Waals surface area contributed by atoms with Crippen LogP contribution in [0, 0.1) is 5.92 Å². The molecular weight excluding hydrogens is 328 g/mol. The van der Waals surface area contributed by atoms with E-state index in [9.17, 15) is 9.59 Å². The monoisotopic (exact) mass is 358 g/mol. The second kappa shape index (κ2) is 8.56. The Morgan fingerprint density at radius 3 is 2.27 bits per heavy atom. The Morgan fingerprint density at radius 2 is 1.65 bits per heavy atom. The van der Waals surface area contributed by atoms with E-state index in [0.29, 0.717) is 19.0 Å². The molecule has 2 fully saturated rings. The first-order valence-electron chi connectivity index (χ1n) is 9.76. The average Bonchev–Trinajstić information content (AvgIpc) is 2.94. The zero-order valence-corrected chi connectivity index (χ0v) is 15.9. The molecule has 0 saturated carbocycles. The molecule has 1 aromatic rings. The lowest BCUT2D eigenvalue weighted by molar-refractivity contribution is -0.140. The first kappa shape index (κ1) is 18.7. The molecule has 0 bridgehead atoms. The van der Waals surface area contributed by atoms with Gasteiger partial charge in [-0.3, -0.25) is 9.59 Å². The van der Waals surface area contributed by atoms with Crippen LogP contribution in [0.25, 0.3) is 0 Å². The van der Waals surface area contributed by atoms with Gasteiger partial charge in [0, 0.05) is 44.9 Å². The van der Waals surface area contributed by atoms with Gasteiger partial charge in [-0.25, -0.2) is 0 Å². The van der Waals surface area contributed by atoms with Crippen LogP contribution in [0.2, 0.25) is 0 Å². The Morgan fingerprint density at radius 1 is 0.962 bits per heavy atom. The van der Waals surface area contributed by atoms with Crippen molar-refractivity contribution in [3.05, 3.63) is 29.8 Å². The van der Waals surface area contributed by atoms with Crippen molar-refractivity contribution in [1.29, 1.82) is 0 Å². The molecule has 2 aliphatic rings. The fraction of sp³-hybridized carbons (Fsp3) is 0.619. The van der Waals surface area contributed by atoms with Gasteiger partial charge in [0.25, 0.3) is 0 Å². The van der Waals surface area contributed by atoms with E-state index < -0.39 is 0 Å². The summed E-state index contributed by atoms with van der Waals surface area (Å²) in [6, 6.07) is 8.26. The van der Waals surface area contributed by atoms with Crippen molar-refractivity contribution in [2.75, 3.05) is 33.3 Å². The van der Waals surface area contributed by atoms with Crippen molar-refractivity contribution in [3.63, 3.8) is 0 Å². The summed E-state index contributed by atoms with van der Waals surface area (Å²) < 4.78 is 5.25. The molecule has 1 unspecified atom stereocenters. The summed E-state index contributed by atoms with van der Waals surface area (Å²) in [5.41, 5.74) is 1.29. The zero-order chi connectivity index (χ0) is 18.5. The molecule has 2 saturated heterocycles. The fourth-order valence-corrected chi connectivity index (χ4v) is 4.19. The molecule has 0 spiro atoms. The van der Waals surface area contributed by atoms with E-state index in [1.54, 1.807) is 14.0 Å². The number of likely N-dealkylation sites (tertiary alicyclic amines) is 2. The summed E-state index contributed by atoms with van der Waals surface area (Å²) in [7, 11) is 1.68. The summed E-state index contributed by atoms with van der Waals surface area (Å²) in [5, 5.41) is 0. The maximum atomic E-state index is 13.1. The van der Waals surface area contributed by atoms with Gasteiger partial charge in [-0.1, -0.05) is 18.6 Å². The number of hydrogen-bond acceptors (Lipinski definition) is 3. The summed E-state index contributed by atoms with van der Waals surface area (Å²) in [4.78, 5) is 28.5. The second-order valence-electron chi connectivity index (χ2n) is 7.53. The number of methoxy groups -OCH3 is 1. The number of benzene rings is 1. The van der Waals surface area contributed by atoms with Crippen molar-refractivity contribution < 1.29 is 14.3 Å². The van der Waals surface area contributed by atoms with Crippen molar-refractivity contribution >= 4 is 11.8 Å². The Bertz CT molecular complexity index is 621. The van der Waals surface area contributed by atoms with E-state index in [-0.39, 0.29) is 17.7 Å². The normalized spacial score (nSPS) is 22.0. The van der Waals surface area contributed by atoms with Gasteiger partial charge >= 0.3 is 0 Å². The maximum absolute atomic E-state index is 13.1. The van der Waals surface area contributed by atoms with Crippen LogP contribution in [0.15, 0.2) is 24.3 Å².